The first kappa shape index (κ1) is 17.1. The van der Waals surface area contributed by atoms with Crippen LogP contribution >= 0.6 is 11.8 Å². The molecule has 0 aliphatic carbocycles. The maximum Gasteiger partial charge on any atom is 0.233 e. The Kier molecular flexibility index (Phi) is 8.38. The zero-order chi connectivity index (χ0) is 14.8. The van der Waals surface area contributed by atoms with E-state index in [0.717, 1.165) is 37.5 Å². The van der Waals surface area contributed by atoms with E-state index in [1.54, 1.807) is 11.8 Å². The minimum Gasteiger partial charge on any atom is -0.355 e. The van der Waals surface area contributed by atoms with Crippen molar-refractivity contribution in [1.82, 2.24) is 10.2 Å². The Morgan fingerprint density at radius 2 is 1.90 bits per heavy atom. The number of nitrogens with one attached hydrogen (secondary N) is 1. The first-order chi connectivity index (χ1) is 9.67. The largest absolute Gasteiger partial charge is 0.355 e. The van der Waals surface area contributed by atoms with Gasteiger partial charge in [-0.3, -0.25) is 4.79 Å². The van der Waals surface area contributed by atoms with Crippen LogP contribution in [0.2, 0.25) is 0 Å². The fourth-order valence-corrected chi connectivity index (χ4v) is 2.87. The molecule has 1 aromatic rings. The lowest BCUT2D eigenvalue weighted by molar-refractivity contribution is -0.120. The molecule has 0 saturated heterocycles. The molecule has 1 atom stereocenters. The summed E-state index contributed by atoms with van der Waals surface area (Å²) in [6.07, 6.45) is 1.01. The zero-order valence-corrected chi connectivity index (χ0v) is 13.6. The first-order valence-electron chi connectivity index (χ1n) is 7.39. The van der Waals surface area contributed by atoms with E-state index < -0.39 is 0 Å². The average Bonchev–Trinajstić information content (AvgIpc) is 2.48. The highest BCUT2D eigenvalue weighted by molar-refractivity contribution is 8.00. The van der Waals surface area contributed by atoms with E-state index in [2.05, 4.69) is 24.1 Å². The number of carbonyl (C=O) groups is 1. The SMILES string of the molecule is CCN(CC)CCCNC(=O)C(C)Sc1ccccc1. The predicted octanol–water partition coefficient (Wildman–Crippen LogP) is 3.02. The van der Waals surface area contributed by atoms with Crippen molar-refractivity contribution in [2.75, 3.05) is 26.2 Å². The first-order valence-corrected chi connectivity index (χ1v) is 8.27. The highest BCUT2D eigenvalue weighted by Gasteiger charge is 2.13. The second-order valence-electron chi connectivity index (χ2n) is 4.74. The maximum atomic E-state index is 12.0. The van der Waals surface area contributed by atoms with Crippen molar-refractivity contribution in [3.63, 3.8) is 0 Å². The van der Waals surface area contributed by atoms with Gasteiger partial charge in [-0.2, -0.15) is 0 Å². The summed E-state index contributed by atoms with van der Waals surface area (Å²) in [6, 6.07) is 10.1. The molecule has 4 heteroatoms. The monoisotopic (exact) mass is 294 g/mol. The fraction of sp³-hybridized carbons (Fsp3) is 0.562. The summed E-state index contributed by atoms with van der Waals surface area (Å²) in [6.45, 7) is 10.2. The molecule has 0 radical (unpaired) electrons. The number of nitrogens with zero attached hydrogens (tertiary/aromatic N) is 1. The summed E-state index contributed by atoms with van der Waals surface area (Å²) < 4.78 is 0. The maximum absolute atomic E-state index is 12.0. The van der Waals surface area contributed by atoms with Crippen molar-refractivity contribution in [3.05, 3.63) is 30.3 Å². The Balaban J connectivity index is 2.22. The quantitative estimate of drug-likeness (QED) is 0.561. The van der Waals surface area contributed by atoms with Crippen LogP contribution in [0.4, 0.5) is 0 Å². The lowest BCUT2D eigenvalue weighted by Crippen LogP contribution is -2.33. The van der Waals surface area contributed by atoms with E-state index in [1.807, 2.05) is 37.3 Å². The minimum absolute atomic E-state index is 0.0501. The van der Waals surface area contributed by atoms with E-state index in [4.69, 9.17) is 0 Å². The molecule has 112 valence electrons. The van der Waals surface area contributed by atoms with Crippen LogP contribution in [0, 0.1) is 0 Å². The van der Waals surface area contributed by atoms with Gasteiger partial charge in [0.1, 0.15) is 0 Å². The summed E-state index contributed by atoms with van der Waals surface area (Å²) in [4.78, 5) is 15.5. The lowest BCUT2D eigenvalue weighted by atomic mass is 10.3. The van der Waals surface area contributed by atoms with Crippen LogP contribution in [0.15, 0.2) is 35.2 Å². The highest BCUT2D eigenvalue weighted by Crippen LogP contribution is 2.22. The van der Waals surface area contributed by atoms with E-state index in [-0.39, 0.29) is 11.2 Å². The second kappa shape index (κ2) is 9.83. The molecule has 3 nitrogen and oxygen atoms in total. The number of carbonyl (C=O) groups excluding carboxylic acids is 1. The Bertz CT molecular complexity index is 379. The van der Waals surface area contributed by atoms with Gasteiger partial charge in [0.2, 0.25) is 5.91 Å². The van der Waals surface area contributed by atoms with Gasteiger partial charge < -0.3 is 10.2 Å². The zero-order valence-electron chi connectivity index (χ0n) is 12.8. The van der Waals surface area contributed by atoms with Crippen LogP contribution in [0.25, 0.3) is 0 Å². The van der Waals surface area contributed by atoms with E-state index in [1.165, 1.54) is 0 Å². The molecule has 1 N–H and O–H groups in total. The summed E-state index contributed by atoms with van der Waals surface area (Å²) in [5.41, 5.74) is 0. The predicted molar refractivity (Wildman–Crippen MR) is 87.2 cm³/mol. The molecule has 1 rings (SSSR count). The molecule has 0 saturated carbocycles. The van der Waals surface area contributed by atoms with Crippen molar-refractivity contribution in [3.8, 4) is 0 Å². The number of hydrogen-bond donors (Lipinski definition) is 1. The van der Waals surface area contributed by atoms with Gasteiger partial charge in [-0.05, 0) is 45.1 Å². The molecular formula is C16H26N2OS. The standard InChI is InChI=1S/C16H26N2OS/c1-4-18(5-2)13-9-12-17-16(19)14(3)20-15-10-7-6-8-11-15/h6-8,10-11,14H,4-5,9,12-13H2,1-3H3,(H,17,19). The summed E-state index contributed by atoms with van der Waals surface area (Å²) in [7, 11) is 0. The molecule has 20 heavy (non-hydrogen) atoms. The molecule has 0 heterocycles. The number of benzene rings is 1. The van der Waals surface area contributed by atoms with Gasteiger partial charge in [-0.25, -0.2) is 0 Å². The third-order valence-electron chi connectivity index (χ3n) is 3.27. The summed E-state index contributed by atoms with van der Waals surface area (Å²) in [5, 5.41) is 2.97. The van der Waals surface area contributed by atoms with Crippen LogP contribution in [0.3, 0.4) is 0 Å². The van der Waals surface area contributed by atoms with Crippen LogP contribution in [0.5, 0.6) is 0 Å². The number of thioether (sulfide) groups is 1. The smallest absolute Gasteiger partial charge is 0.233 e. The normalized spacial score (nSPS) is 12.4. The number of rotatable bonds is 9. The fourth-order valence-electron chi connectivity index (χ4n) is 1.95. The molecule has 0 aliphatic heterocycles. The Labute approximate surface area is 127 Å². The van der Waals surface area contributed by atoms with Crippen molar-refractivity contribution >= 4 is 17.7 Å². The Hall–Kier alpha value is -1.00. The van der Waals surface area contributed by atoms with Gasteiger partial charge in [0.05, 0.1) is 5.25 Å². The summed E-state index contributed by atoms with van der Waals surface area (Å²) in [5.74, 6) is 0.124. The number of hydrogen-bond acceptors (Lipinski definition) is 3. The van der Waals surface area contributed by atoms with Crippen molar-refractivity contribution in [2.24, 2.45) is 0 Å². The molecule has 1 aromatic carbocycles. The van der Waals surface area contributed by atoms with Gasteiger partial charge in [-0.1, -0.05) is 32.0 Å². The van der Waals surface area contributed by atoms with Gasteiger partial charge in [0.25, 0.3) is 0 Å². The second-order valence-corrected chi connectivity index (χ2v) is 6.16. The number of amides is 1. The van der Waals surface area contributed by atoms with Crippen molar-refractivity contribution < 1.29 is 4.79 Å². The van der Waals surface area contributed by atoms with Gasteiger partial charge in [-0.15, -0.1) is 11.8 Å². The van der Waals surface area contributed by atoms with Crippen LogP contribution in [0.1, 0.15) is 27.2 Å². The molecular weight excluding hydrogens is 268 g/mol. The molecule has 1 amide bonds. The third-order valence-corrected chi connectivity index (χ3v) is 4.38. The lowest BCUT2D eigenvalue weighted by Gasteiger charge is -2.18. The molecule has 0 aromatic heterocycles. The Morgan fingerprint density at radius 1 is 1.25 bits per heavy atom. The topological polar surface area (TPSA) is 32.3 Å². The van der Waals surface area contributed by atoms with Gasteiger partial charge >= 0.3 is 0 Å². The molecule has 0 aliphatic rings. The molecule has 0 fully saturated rings. The highest BCUT2D eigenvalue weighted by atomic mass is 32.2. The molecule has 0 spiro atoms. The third kappa shape index (κ3) is 6.44. The van der Waals surface area contributed by atoms with Gasteiger partial charge in [0.15, 0.2) is 0 Å². The van der Waals surface area contributed by atoms with E-state index in [0.29, 0.717) is 0 Å². The van der Waals surface area contributed by atoms with E-state index in [9.17, 15) is 4.79 Å². The average molecular weight is 294 g/mol. The van der Waals surface area contributed by atoms with Crippen LogP contribution in [-0.4, -0.2) is 42.2 Å². The minimum atomic E-state index is -0.0501. The van der Waals surface area contributed by atoms with Crippen LogP contribution in [-0.2, 0) is 4.79 Å². The van der Waals surface area contributed by atoms with E-state index >= 15 is 0 Å². The molecule has 0 bridgehead atoms. The van der Waals surface area contributed by atoms with Crippen molar-refractivity contribution in [2.45, 2.75) is 37.3 Å². The molecule has 1 unspecified atom stereocenters. The Morgan fingerprint density at radius 3 is 2.50 bits per heavy atom. The van der Waals surface area contributed by atoms with Gasteiger partial charge in [0, 0.05) is 11.4 Å². The van der Waals surface area contributed by atoms with Crippen molar-refractivity contribution in [1.29, 1.82) is 0 Å². The summed E-state index contributed by atoms with van der Waals surface area (Å²) >= 11 is 1.60. The van der Waals surface area contributed by atoms with Crippen LogP contribution < -0.4 is 5.32 Å².